The highest BCUT2D eigenvalue weighted by Crippen LogP contribution is 2.12. The summed E-state index contributed by atoms with van der Waals surface area (Å²) in [4.78, 5) is 51.5. The van der Waals surface area contributed by atoms with Gasteiger partial charge in [-0.2, -0.15) is 0 Å². The van der Waals surface area contributed by atoms with Crippen molar-refractivity contribution in [1.29, 1.82) is 0 Å². The molecule has 0 aliphatic carbocycles. The molecule has 0 saturated carbocycles. The molecule has 2 aromatic carbocycles. The van der Waals surface area contributed by atoms with Gasteiger partial charge >= 0.3 is 5.97 Å². The van der Waals surface area contributed by atoms with Gasteiger partial charge in [-0.05, 0) is 67.8 Å². The van der Waals surface area contributed by atoms with Crippen molar-refractivity contribution in [2.45, 2.75) is 76.5 Å². The second-order valence-corrected chi connectivity index (χ2v) is 10.6. The number of hydrogen-bond donors (Lipinski definition) is 7. The molecule has 0 bridgehead atoms. The Kier molecular flexibility index (Phi) is 13.8. The number of carboxylic acids is 1. The number of hydrogen-bond acceptors (Lipinski definition) is 7. The highest BCUT2D eigenvalue weighted by atomic mass is 16.4. The van der Waals surface area contributed by atoms with Crippen LogP contribution in [0, 0.1) is 5.92 Å². The highest BCUT2D eigenvalue weighted by Gasteiger charge is 2.30. The molecule has 2 aromatic rings. The van der Waals surface area contributed by atoms with Gasteiger partial charge in [0, 0.05) is 6.42 Å². The number of carbonyl (C=O) groups excluding carboxylic acids is 3. The van der Waals surface area contributed by atoms with Crippen molar-refractivity contribution in [3.8, 4) is 5.75 Å². The minimum atomic E-state index is -1.16. The van der Waals surface area contributed by atoms with Gasteiger partial charge in [-0.1, -0.05) is 56.3 Å². The van der Waals surface area contributed by atoms with Gasteiger partial charge in [0.1, 0.15) is 23.9 Å². The van der Waals surface area contributed by atoms with E-state index in [4.69, 9.17) is 11.5 Å². The van der Waals surface area contributed by atoms with Crippen molar-refractivity contribution in [1.82, 2.24) is 16.0 Å². The molecule has 9 N–H and O–H groups in total. The summed E-state index contributed by atoms with van der Waals surface area (Å²) >= 11 is 0. The normalized spacial score (nSPS) is 14.0. The second kappa shape index (κ2) is 17.0. The van der Waals surface area contributed by atoms with Crippen molar-refractivity contribution >= 4 is 23.7 Å². The first-order chi connectivity index (χ1) is 19.5. The number of carbonyl (C=O) groups is 4. The Balaban J connectivity index is 2.20. The molecule has 0 aromatic heterocycles. The number of amides is 3. The van der Waals surface area contributed by atoms with Gasteiger partial charge in [0.05, 0.1) is 6.04 Å². The molecule has 0 aliphatic rings. The maximum absolute atomic E-state index is 13.5. The Morgan fingerprint density at radius 2 is 1.32 bits per heavy atom. The number of nitrogens with two attached hydrogens (primary N) is 2. The molecule has 0 heterocycles. The summed E-state index contributed by atoms with van der Waals surface area (Å²) < 4.78 is 0. The summed E-state index contributed by atoms with van der Waals surface area (Å²) in [6, 6.07) is 11.2. The molecule has 41 heavy (non-hydrogen) atoms. The van der Waals surface area contributed by atoms with Crippen LogP contribution in [0.25, 0.3) is 0 Å². The quantitative estimate of drug-likeness (QED) is 0.138. The maximum Gasteiger partial charge on any atom is 0.326 e. The fourth-order valence-electron chi connectivity index (χ4n) is 4.32. The highest BCUT2D eigenvalue weighted by molar-refractivity contribution is 5.94. The number of aromatic hydroxyl groups is 1. The topological polar surface area (TPSA) is 197 Å². The van der Waals surface area contributed by atoms with Crippen LogP contribution < -0.4 is 27.4 Å². The zero-order valence-corrected chi connectivity index (χ0v) is 23.7. The Bertz CT molecular complexity index is 1130. The van der Waals surface area contributed by atoms with Crippen molar-refractivity contribution in [2.24, 2.45) is 17.4 Å². The number of nitrogens with one attached hydrogen (secondary N) is 3. The monoisotopic (exact) mass is 569 g/mol. The van der Waals surface area contributed by atoms with E-state index in [9.17, 15) is 29.4 Å². The van der Waals surface area contributed by atoms with E-state index in [1.165, 1.54) is 12.1 Å². The molecular formula is C30H43N5O6. The summed E-state index contributed by atoms with van der Waals surface area (Å²) in [5.41, 5.74) is 13.2. The number of unbranched alkanes of at least 4 members (excludes halogenated alkanes) is 1. The third-order valence-corrected chi connectivity index (χ3v) is 6.55. The Labute approximate surface area is 241 Å². The molecular weight excluding hydrogens is 526 g/mol. The van der Waals surface area contributed by atoms with E-state index in [0.717, 1.165) is 11.1 Å². The largest absolute Gasteiger partial charge is 0.508 e. The van der Waals surface area contributed by atoms with Gasteiger partial charge < -0.3 is 37.6 Å². The predicted molar refractivity (Wildman–Crippen MR) is 156 cm³/mol. The molecule has 11 heteroatoms. The fourth-order valence-corrected chi connectivity index (χ4v) is 4.32. The summed E-state index contributed by atoms with van der Waals surface area (Å²) in [5, 5.41) is 27.1. The van der Waals surface area contributed by atoms with Crippen LogP contribution in [0.4, 0.5) is 0 Å². The summed E-state index contributed by atoms with van der Waals surface area (Å²) in [5.74, 6) is -2.81. The van der Waals surface area contributed by atoms with E-state index >= 15 is 0 Å². The van der Waals surface area contributed by atoms with Crippen LogP contribution in [0.15, 0.2) is 54.6 Å². The number of benzene rings is 2. The molecule has 3 amide bonds. The molecule has 4 atom stereocenters. The molecule has 0 spiro atoms. The van der Waals surface area contributed by atoms with Crippen molar-refractivity contribution in [3.05, 3.63) is 65.7 Å². The molecule has 0 fully saturated rings. The minimum absolute atomic E-state index is 0.0199. The van der Waals surface area contributed by atoms with Crippen LogP contribution >= 0.6 is 0 Å². The van der Waals surface area contributed by atoms with E-state index in [0.29, 0.717) is 19.4 Å². The predicted octanol–water partition coefficient (Wildman–Crippen LogP) is 1.22. The number of phenols is 1. The Morgan fingerprint density at radius 3 is 1.90 bits per heavy atom. The Hall–Kier alpha value is -3.96. The molecule has 0 unspecified atom stereocenters. The third-order valence-electron chi connectivity index (χ3n) is 6.55. The number of phenolic OH excluding ortho intramolecular Hbond substituents is 1. The lowest BCUT2D eigenvalue weighted by Crippen LogP contribution is -2.57. The van der Waals surface area contributed by atoms with Crippen LogP contribution in [-0.4, -0.2) is 64.6 Å². The first-order valence-electron chi connectivity index (χ1n) is 13.9. The zero-order valence-electron chi connectivity index (χ0n) is 23.7. The average molecular weight is 570 g/mol. The first-order valence-corrected chi connectivity index (χ1v) is 13.9. The van der Waals surface area contributed by atoms with Crippen LogP contribution in [0.3, 0.4) is 0 Å². The lowest BCUT2D eigenvalue weighted by molar-refractivity contribution is -0.142. The maximum atomic E-state index is 13.5. The van der Waals surface area contributed by atoms with Crippen LogP contribution in [0.1, 0.15) is 50.7 Å². The molecule has 0 aliphatic heterocycles. The molecule has 0 saturated heterocycles. The molecule has 2 rings (SSSR count). The van der Waals surface area contributed by atoms with Crippen LogP contribution in [0.2, 0.25) is 0 Å². The van der Waals surface area contributed by atoms with E-state index in [2.05, 4.69) is 16.0 Å². The second-order valence-electron chi connectivity index (χ2n) is 10.6. The minimum Gasteiger partial charge on any atom is -0.508 e. The van der Waals surface area contributed by atoms with E-state index in [1.54, 1.807) is 36.4 Å². The van der Waals surface area contributed by atoms with Crippen molar-refractivity contribution in [2.75, 3.05) is 6.54 Å². The first kappa shape index (κ1) is 33.2. The summed E-state index contributed by atoms with van der Waals surface area (Å²) in [6.45, 7) is 4.12. The summed E-state index contributed by atoms with van der Waals surface area (Å²) in [7, 11) is 0. The fraction of sp³-hybridized carbons (Fsp3) is 0.467. The van der Waals surface area contributed by atoms with Gasteiger partial charge in [0.25, 0.3) is 0 Å². The van der Waals surface area contributed by atoms with Crippen LogP contribution in [0.5, 0.6) is 5.75 Å². The Morgan fingerprint density at radius 1 is 0.756 bits per heavy atom. The summed E-state index contributed by atoms with van der Waals surface area (Å²) in [6.07, 6.45) is 1.98. The third kappa shape index (κ3) is 12.0. The van der Waals surface area contributed by atoms with Gasteiger partial charge in [0.15, 0.2) is 0 Å². The van der Waals surface area contributed by atoms with Gasteiger partial charge in [-0.25, -0.2) is 4.79 Å². The van der Waals surface area contributed by atoms with Gasteiger partial charge in [0.2, 0.25) is 17.7 Å². The molecule has 0 radical (unpaired) electrons. The number of rotatable bonds is 17. The zero-order chi connectivity index (χ0) is 30.4. The van der Waals surface area contributed by atoms with Crippen molar-refractivity contribution in [3.63, 3.8) is 0 Å². The average Bonchev–Trinajstić information content (AvgIpc) is 2.93. The van der Waals surface area contributed by atoms with E-state index in [-0.39, 0.29) is 37.4 Å². The van der Waals surface area contributed by atoms with Gasteiger partial charge in [-0.3, -0.25) is 14.4 Å². The number of aliphatic carboxylic acids is 1. The van der Waals surface area contributed by atoms with E-state index in [1.807, 2.05) is 19.9 Å². The standard InChI is InChI=1S/C30H43N5O6/c1-19(2)16-26(30(40)41)35-29(39)25(18-20-8-4-3-5-9-20)34-28(38)24(10-6-7-15-31)33-27(37)23(32)17-21-11-13-22(36)14-12-21/h3-5,8-9,11-14,19,23-26,36H,6-7,10,15-18,31-32H2,1-2H3,(H,33,37)(H,34,38)(H,35,39)(H,40,41)/t23-,24+,25-,26-/m0/s1. The SMILES string of the molecule is CC(C)C[C@H](NC(=O)[C@H](Cc1ccccc1)NC(=O)[C@@H](CCCCN)NC(=O)[C@@H](N)Cc1ccc(O)cc1)C(=O)O. The number of carboxylic acid groups (broad SMARTS) is 1. The lowest BCUT2D eigenvalue weighted by Gasteiger charge is -2.26. The van der Waals surface area contributed by atoms with Gasteiger partial charge in [-0.15, -0.1) is 0 Å². The van der Waals surface area contributed by atoms with Crippen molar-refractivity contribution < 1.29 is 29.4 Å². The smallest absolute Gasteiger partial charge is 0.326 e. The lowest BCUT2D eigenvalue weighted by atomic mass is 10.0. The molecule has 224 valence electrons. The van der Waals surface area contributed by atoms with Crippen LogP contribution in [-0.2, 0) is 32.0 Å². The molecule has 11 nitrogen and oxygen atoms in total. The van der Waals surface area contributed by atoms with E-state index < -0.39 is 47.9 Å².